The number of nitrogens with zero attached hydrogens (tertiary/aromatic N) is 1. The van der Waals surface area contributed by atoms with Crippen molar-refractivity contribution in [2.24, 2.45) is 0 Å². The second-order valence-electron chi connectivity index (χ2n) is 10.8. The van der Waals surface area contributed by atoms with Crippen LogP contribution in [0.1, 0.15) is 36.2 Å². The Kier molecular flexibility index (Phi) is 6.59. The van der Waals surface area contributed by atoms with Gasteiger partial charge in [0.2, 0.25) is 5.78 Å². The summed E-state index contributed by atoms with van der Waals surface area (Å²) in [6.07, 6.45) is 0. The van der Waals surface area contributed by atoms with Gasteiger partial charge in [0.05, 0.1) is 11.1 Å². The molecule has 1 aliphatic rings. The molecule has 41 heavy (non-hydrogen) atoms. The molecule has 0 fully saturated rings. The summed E-state index contributed by atoms with van der Waals surface area (Å²) in [6.45, 7) is 13.1. The van der Waals surface area contributed by atoms with Crippen LogP contribution in [-0.4, -0.2) is 15.5 Å². The standard InChI is InChI=1S/C38H33NO2/c1-6-39-25(5)34(31-22-29(19-20-32(31)39)27-15-11-8-12-16-27)36-37(40)35(38(36)41)33(23(2)3)30-21-28(18-17-24(30)4)26-13-9-7-10-14-26/h7-22,40H,2,6H2,1,3-5H3/b35-33-. The van der Waals surface area contributed by atoms with Crippen molar-refractivity contribution < 1.29 is 9.90 Å². The Morgan fingerprint density at radius 1 is 0.805 bits per heavy atom. The fourth-order valence-corrected chi connectivity index (χ4v) is 6.16. The van der Waals surface area contributed by atoms with Gasteiger partial charge in [-0.25, -0.2) is 0 Å². The average molecular weight is 536 g/mol. The molecular formula is C38H33NO2. The number of benzene rings is 4. The highest BCUT2D eigenvalue weighted by molar-refractivity contribution is 6.43. The van der Waals surface area contributed by atoms with Crippen molar-refractivity contribution in [3.63, 3.8) is 0 Å². The number of aliphatic hydroxyl groups excluding tert-OH is 1. The molecule has 6 rings (SSSR count). The molecule has 0 unspecified atom stereocenters. The maximum absolute atomic E-state index is 14.1. The van der Waals surface area contributed by atoms with Crippen LogP contribution >= 0.6 is 0 Å². The van der Waals surface area contributed by atoms with Crippen LogP contribution in [0.4, 0.5) is 0 Å². The van der Waals surface area contributed by atoms with Crippen molar-refractivity contribution in [3.05, 3.63) is 143 Å². The van der Waals surface area contributed by atoms with Gasteiger partial charge in [0.15, 0.2) is 0 Å². The van der Waals surface area contributed by atoms with Crippen molar-refractivity contribution in [2.75, 3.05) is 0 Å². The Labute approximate surface area is 241 Å². The fraction of sp³-hybridized carbons (Fsp3) is 0.132. The number of fused-ring (bicyclic) bond motifs is 1. The van der Waals surface area contributed by atoms with Crippen molar-refractivity contribution in [2.45, 2.75) is 34.2 Å². The van der Waals surface area contributed by atoms with E-state index in [4.69, 9.17) is 0 Å². The van der Waals surface area contributed by atoms with Gasteiger partial charge < -0.3 is 9.67 Å². The van der Waals surface area contributed by atoms with E-state index in [1.54, 1.807) is 0 Å². The van der Waals surface area contributed by atoms with Gasteiger partial charge in [-0.2, -0.15) is 0 Å². The molecule has 5 aromatic rings. The van der Waals surface area contributed by atoms with Crippen LogP contribution in [0.3, 0.4) is 0 Å². The van der Waals surface area contributed by atoms with Gasteiger partial charge in [0, 0.05) is 28.7 Å². The van der Waals surface area contributed by atoms with Gasteiger partial charge in [0.25, 0.3) is 0 Å². The highest BCUT2D eigenvalue weighted by Crippen LogP contribution is 2.47. The third kappa shape index (κ3) is 4.25. The third-order valence-corrected chi connectivity index (χ3v) is 8.22. The molecule has 0 atom stereocenters. The third-order valence-electron chi connectivity index (χ3n) is 8.22. The van der Waals surface area contributed by atoms with E-state index >= 15 is 0 Å². The number of ketones is 1. The smallest absolute Gasteiger partial charge is 0.201 e. The maximum atomic E-state index is 14.1. The van der Waals surface area contributed by atoms with Gasteiger partial charge >= 0.3 is 0 Å². The zero-order chi connectivity index (χ0) is 28.8. The molecule has 4 aromatic carbocycles. The van der Waals surface area contributed by atoms with E-state index in [1.807, 2.05) is 57.2 Å². The van der Waals surface area contributed by atoms with Gasteiger partial charge in [-0.1, -0.05) is 85.4 Å². The van der Waals surface area contributed by atoms with Crippen molar-refractivity contribution in [1.29, 1.82) is 0 Å². The molecule has 0 aliphatic heterocycles. The largest absolute Gasteiger partial charge is 0.506 e. The highest BCUT2D eigenvalue weighted by atomic mass is 16.3. The first-order valence-corrected chi connectivity index (χ1v) is 14.0. The Morgan fingerprint density at radius 3 is 1.95 bits per heavy atom. The predicted octanol–water partition coefficient (Wildman–Crippen LogP) is 9.49. The quantitative estimate of drug-likeness (QED) is 0.220. The SMILES string of the molecule is C=C(C)/C(=C1/C(=O)C(c2c(C)n(CC)c3ccc(-c4ccccc4)cc23)=C1O)c1cc(-c2ccccc2)ccc1C. The lowest BCUT2D eigenvalue weighted by Crippen LogP contribution is -2.23. The van der Waals surface area contributed by atoms with Crippen LogP contribution in [-0.2, 0) is 11.3 Å². The summed E-state index contributed by atoms with van der Waals surface area (Å²) in [5.74, 6) is -0.103. The molecule has 3 heteroatoms. The van der Waals surface area contributed by atoms with Gasteiger partial charge in [0.1, 0.15) is 5.76 Å². The van der Waals surface area contributed by atoms with E-state index in [2.05, 4.69) is 78.7 Å². The lowest BCUT2D eigenvalue weighted by molar-refractivity contribution is -0.111. The maximum Gasteiger partial charge on any atom is 0.201 e. The summed E-state index contributed by atoms with van der Waals surface area (Å²) in [5, 5.41) is 12.6. The molecule has 0 saturated heterocycles. The molecule has 3 nitrogen and oxygen atoms in total. The molecule has 202 valence electrons. The van der Waals surface area contributed by atoms with Gasteiger partial charge in [-0.15, -0.1) is 0 Å². The van der Waals surface area contributed by atoms with Crippen LogP contribution in [0, 0.1) is 13.8 Å². The number of allylic oxidation sites excluding steroid dienone is 4. The highest BCUT2D eigenvalue weighted by Gasteiger charge is 2.40. The minimum Gasteiger partial charge on any atom is -0.506 e. The van der Waals surface area contributed by atoms with E-state index in [-0.39, 0.29) is 11.5 Å². The topological polar surface area (TPSA) is 42.2 Å². The van der Waals surface area contributed by atoms with Crippen LogP contribution in [0.15, 0.2) is 121 Å². The summed E-state index contributed by atoms with van der Waals surface area (Å²) in [5.41, 5.74) is 11.3. The molecule has 1 aromatic heterocycles. The molecule has 0 bridgehead atoms. The van der Waals surface area contributed by atoms with Crippen LogP contribution in [0.2, 0.25) is 0 Å². The average Bonchev–Trinajstić information content (AvgIpc) is 3.26. The summed E-state index contributed by atoms with van der Waals surface area (Å²) >= 11 is 0. The first-order chi connectivity index (χ1) is 19.8. The number of rotatable bonds is 6. The first kappa shape index (κ1) is 26.3. The summed E-state index contributed by atoms with van der Waals surface area (Å²) < 4.78 is 2.21. The summed E-state index contributed by atoms with van der Waals surface area (Å²) in [6, 6.07) is 33.0. The number of aliphatic hydroxyl groups is 1. The van der Waals surface area contributed by atoms with Gasteiger partial charge in [-0.3, -0.25) is 4.79 Å². The number of hydrogen-bond acceptors (Lipinski definition) is 2. The lowest BCUT2D eigenvalue weighted by atomic mass is 9.76. The zero-order valence-electron chi connectivity index (χ0n) is 24.0. The minimum absolute atomic E-state index is 0.0425. The normalized spacial score (nSPS) is 14.4. The number of hydrogen-bond donors (Lipinski definition) is 1. The fourth-order valence-electron chi connectivity index (χ4n) is 6.16. The second-order valence-corrected chi connectivity index (χ2v) is 10.8. The molecule has 1 heterocycles. The van der Waals surface area contributed by atoms with E-state index < -0.39 is 0 Å². The molecular weight excluding hydrogens is 502 g/mol. The lowest BCUT2D eigenvalue weighted by Gasteiger charge is -2.26. The first-order valence-electron chi connectivity index (χ1n) is 14.0. The second kappa shape index (κ2) is 10.3. The number of carbonyl (C=O) groups excluding carboxylic acids is 1. The monoisotopic (exact) mass is 535 g/mol. The van der Waals surface area contributed by atoms with Crippen molar-refractivity contribution in [3.8, 4) is 22.3 Å². The van der Waals surface area contributed by atoms with E-state index in [1.165, 1.54) is 0 Å². The molecule has 0 radical (unpaired) electrons. The van der Waals surface area contributed by atoms with E-state index in [0.29, 0.717) is 16.7 Å². The molecule has 0 amide bonds. The number of aromatic nitrogens is 1. The Balaban J connectivity index is 1.56. The molecule has 0 spiro atoms. The number of carbonyl (C=O) groups is 1. The van der Waals surface area contributed by atoms with Crippen molar-refractivity contribution >= 4 is 27.8 Å². The van der Waals surface area contributed by atoms with Crippen LogP contribution < -0.4 is 0 Å². The molecule has 0 saturated carbocycles. The minimum atomic E-state index is -0.145. The molecule has 1 aliphatic carbocycles. The van der Waals surface area contributed by atoms with E-state index in [0.717, 1.165) is 67.7 Å². The van der Waals surface area contributed by atoms with E-state index in [9.17, 15) is 9.90 Å². The Bertz CT molecular complexity index is 1920. The summed E-state index contributed by atoms with van der Waals surface area (Å²) in [7, 11) is 0. The number of Topliss-reactive ketones (excluding diaryl/α,β-unsaturated/α-hetero) is 1. The Morgan fingerprint density at radius 2 is 1.39 bits per heavy atom. The zero-order valence-corrected chi connectivity index (χ0v) is 24.0. The van der Waals surface area contributed by atoms with Crippen LogP contribution in [0.5, 0.6) is 0 Å². The Hall–Kier alpha value is -4.89. The molecule has 1 N–H and O–H groups in total. The number of aryl methyl sites for hydroxylation is 2. The van der Waals surface area contributed by atoms with Crippen molar-refractivity contribution in [1.82, 2.24) is 4.57 Å². The van der Waals surface area contributed by atoms with Crippen LogP contribution in [0.25, 0.3) is 44.3 Å². The van der Waals surface area contributed by atoms with Gasteiger partial charge in [-0.05, 0) is 90.4 Å². The predicted molar refractivity (Wildman–Crippen MR) is 171 cm³/mol. The summed E-state index contributed by atoms with van der Waals surface area (Å²) in [4.78, 5) is 14.1.